The summed E-state index contributed by atoms with van der Waals surface area (Å²) in [7, 11) is 0. The van der Waals surface area contributed by atoms with Crippen LogP contribution in [0.5, 0.6) is 0 Å². The molecule has 2 aromatic carbocycles. The molecule has 1 heterocycles. The largest absolute Gasteiger partial charge is 0.345 e. The molecular formula is C18H16ClNOS. The first-order chi connectivity index (χ1) is 10.6. The van der Waals surface area contributed by atoms with Crippen molar-refractivity contribution >= 4 is 38.9 Å². The van der Waals surface area contributed by atoms with Crippen molar-refractivity contribution in [1.82, 2.24) is 5.32 Å². The van der Waals surface area contributed by atoms with Crippen LogP contribution < -0.4 is 5.32 Å². The van der Waals surface area contributed by atoms with Crippen molar-refractivity contribution in [2.24, 2.45) is 0 Å². The van der Waals surface area contributed by atoms with Crippen LogP contribution in [0.1, 0.15) is 33.8 Å². The summed E-state index contributed by atoms with van der Waals surface area (Å²) in [4.78, 5) is 13.1. The highest BCUT2D eigenvalue weighted by atomic mass is 35.5. The molecule has 4 heteroatoms. The van der Waals surface area contributed by atoms with Gasteiger partial charge in [-0.25, -0.2) is 0 Å². The van der Waals surface area contributed by atoms with Crippen molar-refractivity contribution in [2.75, 3.05) is 0 Å². The Kier molecular flexibility index (Phi) is 4.19. The number of halogens is 1. The van der Waals surface area contributed by atoms with Gasteiger partial charge in [0.15, 0.2) is 0 Å². The number of nitrogens with one attached hydrogen (secondary N) is 1. The number of hydrogen-bond acceptors (Lipinski definition) is 2. The quantitative estimate of drug-likeness (QED) is 0.689. The number of carbonyl (C=O) groups is 1. The second-order valence-electron chi connectivity index (χ2n) is 5.35. The van der Waals surface area contributed by atoms with E-state index in [2.05, 4.69) is 5.32 Å². The monoisotopic (exact) mass is 329 g/mol. The fourth-order valence-corrected chi connectivity index (χ4v) is 3.78. The molecule has 1 N–H and O–H groups in total. The molecule has 0 aliphatic heterocycles. The molecule has 3 rings (SSSR count). The van der Waals surface area contributed by atoms with Crippen molar-refractivity contribution in [2.45, 2.75) is 19.9 Å². The molecule has 1 amide bonds. The molecule has 0 bridgehead atoms. The lowest BCUT2D eigenvalue weighted by atomic mass is 10.1. The maximum Gasteiger partial charge on any atom is 0.263 e. The number of amides is 1. The van der Waals surface area contributed by atoms with Gasteiger partial charge in [0.1, 0.15) is 4.88 Å². The fraction of sp³-hybridized carbons (Fsp3) is 0.167. The van der Waals surface area contributed by atoms with Crippen molar-refractivity contribution in [1.29, 1.82) is 0 Å². The van der Waals surface area contributed by atoms with Gasteiger partial charge < -0.3 is 5.32 Å². The first-order valence-corrected chi connectivity index (χ1v) is 8.30. The summed E-state index contributed by atoms with van der Waals surface area (Å²) < 4.78 is 1.03. The lowest BCUT2D eigenvalue weighted by molar-refractivity contribution is 0.0944. The first kappa shape index (κ1) is 15.1. The number of thiophene rings is 1. The Morgan fingerprint density at radius 3 is 2.50 bits per heavy atom. The molecule has 1 aromatic heterocycles. The Morgan fingerprint density at radius 1 is 1.14 bits per heavy atom. The van der Waals surface area contributed by atoms with Gasteiger partial charge in [0.2, 0.25) is 0 Å². The van der Waals surface area contributed by atoms with Crippen LogP contribution in [0.3, 0.4) is 0 Å². The first-order valence-electron chi connectivity index (χ1n) is 7.10. The molecule has 2 nitrogen and oxygen atoms in total. The van der Waals surface area contributed by atoms with Crippen LogP contribution in [0.2, 0.25) is 5.02 Å². The Labute approximate surface area is 138 Å². The molecule has 22 heavy (non-hydrogen) atoms. The second kappa shape index (κ2) is 6.11. The van der Waals surface area contributed by atoms with E-state index in [9.17, 15) is 4.79 Å². The van der Waals surface area contributed by atoms with Crippen molar-refractivity contribution in [3.8, 4) is 0 Å². The zero-order valence-electron chi connectivity index (χ0n) is 12.4. The molecule has 0 saturated heterocycles. The highest BCUT2D eigenvalue weighted by Gasteiger charge is 2.18. The molecule has 0 aliphatic carbocycles. The fourth-order valence-electron chi connectivity index (χ4n) is 2.36. The number of rotatable bonds is 3. The smallest absolute Gasteiger partial charge is 0.263 e. The third-order valence-electron chi connectivity index (χ3n) is 3.67. The summed E-state index contributed by atoms with van der Waals surface area (Å²) >= 11 is 7.78. The van der Waals surface area contributed by atoms with E-state index in [1.54, 1.807) is 0 Å². The summed E-state index contributed by atoms with van der Waals surface area (Å²) in [6.45, 7) is 4.02. The van der Waals surface area contributed by atoms with Gasteiger partial charge in [-0.3, -0.25) is 4.79 Å². The summed E-state index contributed by atoms with van der Waals surface area (Å²) in [5.41, 5.74) is 2.28. The minimum atomic E-state index is -0.126. The summed E-state index contributed by atoms with van der Waals surface area (Å²) in [6, 6.07) is 15.9. The van der Waals surface area contributed by atoms with Gasteiger partial charge in [0.05, 0.1) is 11.1 Å². The zero-order valence-corrected chi connectivity index (χ0v) is 14.0. The topological polar surface area (TPSA) is 29.1 Å². The molecule has 0 saturated carbocycles. The Hall–Kier alpha value is -1.84. The maximum absolute atomic E-state index is 12.5. The van der Waals surface area contributed by atoms with Crippen molar-refractivity contribution in [3.63, 3.8) is 0 Å². The molecule has 0 aliphatic rings. The van der Waals surface area contributed by atoms with E-state index in [0.29, 0.717) is 9.90 Å². The highest BCUT2D eigenvalue weighted by Crippen LogP contribution is 2.35. The Bertz CT molecular complexity index is 823. The number of aryl methyl sites for hydroxylation is 1. The van der Waals surface area contributed by atoms with Gasteiger partial charge in [-0.1, -0.05) is 59.6 Å². The van der Waals surface area contributed by atoms with E-state index in [1.807, 2.05) is 62.4 Å². The van der Waals surface area contributed by atoms with Gasteiger partial charge in [-0.2, -0.15) is 0 Å². The summed E-state index contributed by atoms with van der Waals surface area (Å²) in [6.07, 6.45) is 0. The molecular weight excluding hydrogens is 314 g/mol. The zero-order chi connectivity index (χ0) is 15.7. The van der Waals surface area contributed by atoms with Crippen LogP contribution >= 0.6 is 22.9 Å². The van der Waals surface area contributed by atoms with Gasteiger partial charge in [-0.15, -0.1) is 11.3 Å². The van der Waals surface area contributed by atoms with E-state index in [0.717, 1.165) is 15.6 Å². The number of carbonyl (C=O) groups excluding carboxylic acids is 1. The Morgan fingerprint density at radius 2 is 1.82 bits per heavy atom. The average Bonchev–Trinajstić information content (AvgIpc) is 2.85. The third-order valence-corrected chi connectivity index (χ3v) is 5.34. The lowest BCUT2D eigenvalue weighted by Gasteiger charge is -2.14. The van der Waals surface area contributed by atoms with Crippen LogP contribution in [0.15, 0.2) is 48.5 Å². The molecule has 1 atom stereocenters. The predicted octanol–water partition coefficient (Wildman–Crippen LogP) is 5.35. The summed E-state index contributed by atoms with van der Waals surface area (Å²) in [5.74, 6) is -0.126. The number of hydrogen-bond donors (Lipinski definition) is 1. The van der Waals surface area contributed by atoms with Crippen molar-refractivity contribution < 1.29 is 4.79 Å². The van der Waals surface area contributed by atoms with Crippen LogP contribution in [0, 0.1) is 6.92 Å². The highest BCUT2D eigenvalue weighted by molar-refractivity contribution is 7.21. The standard InChI is InChI=1S/C18H16ClNOS/c1-11-7-9-13(10-8-11)12(2)20-18(21)17-16(19)14-5-3-4-6-15(14)22-17/h3-10,12H,1-2H3,(H,20,21). The Balaban J connectivity index is 1.84. The maximum atomic E-state index is 12.5. The van der Waals surface area contributed by atoms with Gasteiger partial charge in [0.25, 0.3) is 5.91 Å². The van der Waals surface area contributed by atoms with Crippen molar-refractivity contribution in [3.05, 3.63) is 69.6 Å². The molecule has 0 spiro atoms. The molecule has 3 aromatic rings. The number of fused-ring (bicyclic) bond motifs is 1. The SMILES string of the molecule is Cc1ccc(C(C)NC(=O)c2sc3ccccc3c2Cl)cc1. The van der Waals surface area contributed by atoms with Gasteiger partial charge in [0, 0.05) is 10.1 Å². The average molecular weight is 330 g/mol. The minimum Gasteiger partial charge on any atom is -0.345 e. The minimum absolute atomic E-state index is 0.0608. The summed E-state index contributed by atoms with van der Waals surface area (Å²) in [5, 5.41) is 4.49. The van der Waals surface area contributed by atoms with Gasteiger partial charge in [-0.05, 0) is 25.5 Å². The lowest BCUT2D eigenvalue weighted by Crippen LogP contribution is -2.26. The van der Waals surface area contributed by atoms with E-state index in [1.165, 1.54) is 16.9 Å². The number of benzene rings is 2. The van der Waals surface area contributed by atoms with Crippen LogP contribution in [0.4, 0.5) is 0 Å². The normalized spacial score (nSPS) is 12.3. The van der Waals surface area contributed by atoms with E-state index in [-0.39, 0.29) is 11.9 Å². The van der Waals surface area contributed by atoms with Crippen LogP contribution in [-0.2, 0) is 0 Å². The molecule has 0 radical (unpaired) electrons. The van der Waals surface area contributed by atoms with E-state index < -0.39 is 0 Å². The second-order valence-corrected chi connectivity index (χ2v) is 6.78. The molecule has 0 fully saturated rings. The molecule has 1 unspecified atom stereocenters. The predicted molar refractivity (Wildman–Crippen MR) is 93.9 cm³/mol. The van der Waals surface area contributed by atoms with E-state index in [4.69, 9.17) is 11.6 Å². The van der Waals surface area contributed by atoms with E-state index >= 15 is 0 Å². The van der Waals surface area contributed by atoms with Gasteiger partial charge >= 0.3 is 0 Å². The molecule has 112 valence electrons. The van der Waals surface area contributed by atoms with Crippen LogP contribution in [0.25, 0.3) is 10.1 Å². The van der Waals surface area contributed by atoms with Crippen LogP contribution in [-0.4, -0.2) is 5.91 Å². The third kappa shape index (κ3) is 2.87.